The monoisotopic (exact) mass is 262 g/mol. The topological polar surface area (TPSA) is 9.23 Å². The predicted octanol–water partition coefficient (Wildman–Crippen LogP) is 5.08. The van der Waals surface area contributed by atoms with Gasteiger partial charge in [0.05, 0.1) is 7.11 Å². The van der Waals surface area contributed by atoms with Crippen molar-refractivity contribution in [1.82, 2.24) is 0 Å². The Morgan fingerprint density at radius 1 is 0.750 bits per heavy atom. The lowest BCUT2D eigenvalue weighted by Gasteiger charge is -2.07. The number of ether oxygens (including phenoxy) is 1. The van der Waals surface area contributed by atoms with Gasteiger partial charge in [0.15, 0.2) is 0 Å². The summed E-state index contributed by atoms with van der Waals surface area (Å²) in [6, 6.07) is 21.5. The van der Waals surface area contributed by atoms with Gasteiger partial charge < -0.3 is 4.74 Å². The quantitative estimate of drug-likeness (QED) is 0.639. The van der Waals surface area contributed by atoms with Gasteiger partial charge in [-0.2, -0.15) is 0 Å². The van der Waals surface area contributed by atoms with Gasteiger partial charge in [0.2, 0.25) is 0 Å². The first kappa shape index (κ1) is 12.7. The maximum Gasteiger partial charge on any atom is 0.119 e. The van der Waals surface area contributed by atoms with Crippen LogP contribution in [-0.4, -0.2) is 7.11 Å². The molecule has 0 saturated heterocycles. The Kier molecular flexibility index (Phi) is 3.42. The van der Waals surface area contributed by atoms with Crippen LogP contribution in [0.25, 0.3) is 21.9 Å². The molecule has 0 aliphatic rings. The summed E-state index contributed by atoms with van der Waals surface area (Å²) >= 11 is 0. The minimum atomic E-state index is 0.901. The molecule has 0 unspecified atom stereocenters. The number of hydrogen-bond donors (Lipinski definition) is 0. The molecular formula is C19H18O. The molecule has 0 saturated carbocycles. The standard InChI is InChI=1S/C19H18O/c1-3-14-4-6-15(7-5-14)16-8-9-18-13-19(20-2)11-10-17(18)12-16/h4-13H,3H2,1-2H3. The highest BCUT2D eigenvalue weighted by Crippen LogP contribution is 2.27. The molecule has 1 heteroatoms. The Bertz CT molecular complexity index is 726. The molecule has 0 bridgehead atoms. The van der Waals surface area contributed by atoms with Crippen molar-refractivity contribution in [2.45, 2.75) is 13.3 Å². The van der Waals surface area contributed by atoms with Crippen LogP contribution < -0.4 is 4.74 Å². The maximum atomic E-state index is 5.26. The van der Waals surface area contributed by atoms with E-state index in [1.807, 2.05) is 6.07 Å². The molecule has 0 amide bonds. The number of hydrogen-bond acceptors (Lipinski definition) is 1. The van der Waals surface area contributed by atoms with Gasteiger partial charge in [-0.1, -0.05) is 49.4 Å². The van der Waals surface area contributed by atoms with Crippen LogP contribution in [0.1, 0.15) is 12.5 Å². The zero-order chi connectivity index (χ0) is 13.9. The van der Waals surface area contributed by atoms with Gasteiger partial charge in [0.25, 0.3) is 0 Å². The summed E-state index contributed by atoms with van der Waals surface area (Å²) in [6.07, 6.45) is 1.08. The van der Waals surface area contributed by atoms with Crippen molar-refractivity contribution in [2.24, 2.45) is 0 Å². The smallest absolute Gasteiger partial charge is 0.119 e. The van der Waals surface area contributed by atoms with E-state index in [-0.39, 0.29) is 0 Å². The molecule has 1 nitrogen and oxygen atoms in total. The Hall–Kier alpha value is -2.28. The summed E-state index contributed by atoms with van der Waals surface area (Å²) in [7, 11) is 1.70. The van der Waals surface area contributed by atoms with Crippen molar-refractivity contribution in [1.29, 1.82) is 0 Å². The van der Waals surface area contributed by atoms with Crippen LogP contribution in [0.5, 0.6) is 5.75 Å². The van der Waals surface area contributed by atoms with Gasteiger partial charge in [-0.3, -0.25) is 0 Å². The molecule has 0 fully saturated rings. The average molecular weight is 262 g/mol. The molecule has 3 aromatic carbocycles. The van der Waals surface area contributed by atoms with Crippen LogP contribution in [-0.2, 0) is 6.42 Å². The van der Waals surface area contributed by atoms with Gasteiger partial charge in [-0.05, 0) is 52.1 Å². The third-order valence-corrected chi connectivity index (χ3v) is 3.74. The zero-order valence-corrected chi connectivity index (χ0v) is 11.9. The summed E-state index contributed by atoms with van der Waals surface area (Å²) in [5.41, 5.74) is 3.89. The predicted molar refractivity (Wildman–Crippen MR) is 85.3 cm³/mol. The largest absolute Gasteiger partial charge is 0.497 e. The van der Waals surface area contributed by atoms with Crippen molar-refractivity contribution >= 4 is 10.8 Å². The molecule has 0 radical (unpaired) electrons. The number of fused-ring (bicyclic) bond motifs is 1. The van der Waals surface area contributed by atoms with Crippen LogP contribution in [0, 0.1) is 0 Å². The summed E-state index contributed by atoms with van der Waals surface area (Å²) in [5, 5.41) is 2.45. The summed E-state index contributed by atoms with van der Waals surface area (Å²) in [4.78, 5) is 0. The fourth-order valence-corrected chi connectivity index (χ4v) is 2.46. The lowest BCUT2D eigenvalue weighted by atomic mass is 10.00. The van der Waals surface area contributed by atoms with Gasteiger partial charge in [-0.15, -0.1) is 0 Å². The molecule has 0 aromatic heterocycles. The lowest BCUT2D eigenvalue weighted by molar-refractivity contribution is 0.415. The second kappa shape index (κ2) is 5.38. The van der Waals surface area contributed by atoms with Crippen molar-refractivity contribution in [3.63, 3.8) is 0 Å². The van der Waals surface area contributed by atoms with Gasteiger partial charge >= 0.3 is 0 Å². The minimum Gasteiger partial charge on any atom is -0.497 e. The summed E-state index contributed by atoms with van der Waals surface area (Å²) < 4.78 is 5.26. The van der Waals surface area contributed by atoms with Gasteiger partial charge in [-0.25, -0.2) is 0 Å². The Labute approximate surface area is 119 Å². The van der Waals surface area contributed by atoms with Crippen LogP contribution in [0.2, 0.25) is 0 Å². The SMILES string of the molecule is CCc1ccc(-c2ccc3cc(OC)ccc3c2)cc1. The molecule has 0 aliphatic heterocycles. The van der Waals surface area contributed by atoms with Crippen molar-refractivity contribution < 1.29 is 4.74 Å². The Balaban J connectivity index is 2.03. The van der Waals surface area contributed by atoms with Gasteiger partial charge in [0.1, 0.15) is 5.75 Å². The van der Waals surface area contributed by atoms with Crippen LogP contribution in [0.15, 0.2) is 60.7 Å². The third kappa shape index (κ3) is 2.39. The fraction of sp³-hybridized carbons (Fsp3) is 0.158. The van der Waals surface area contributed by atoms with E-state index < -0.39 is 0 Å². The maximum absolute atomic E-state index is 5.26. The van der Waals surface area contributed by atoms with E-state index in [0.717, 1.165) is 12.2 Å². The first-order chi connectivity index (χ1) is 9.80. The first-order valence-electron chi connectivity index (χ1n) is 6.97. The van der Waals surface area contributed by atoms with E-state index in [1.165, 1.54) is 27.5 Å². The molecule has 0 atom stereocenters. The van der Waals surface area contributed by atoms with Crippen LogP contribution in [0.3, 0.4) is 0 Å². The Morgan fingerprint density at radius 2 is 1.40 bits per heavy atom. The highest BCUT2D eigenvalue weighted by molar-refractivity contribution is 5.88. The van der Waals surface area contributed by atoms with Crippen molar-refractivity contribution in [3.05, 3.63) is 66.2 Å². The van der Waals surface area contributed by atoms with Crippen molar-refractivity contribution in [2.75, 3.05) is 7.11 Å². The molecule has 0 aliphatic carbocycles. The molecule has 3 aromatic rings. The third-order valence-electron chi connectivity index (χ3n) is 3.74. The van der Waals surface area contributed by atoms with Gasteiger partial charge in [0, 0.05) is 0 Å². The van der Waals surface area contributed by atoms with Crippen LogP contribution in [0.4, 0.5) is 0 Å². The van der Waals surface area contributed by atoms with Crippen molar-refractivity contribution in [3.8, 4) is 16.9 Å². The normalized spacial score (nSPS) is 10.7. The summed E-state index contributed by atoms with van der Waals surface area (Å²) in [6.45, 7) is 2.18. The van der Waals surface area contributed by atoms with E-state index in [0.29, 0.717) is 0 Å². The highest BCUT2D eigenvalue weighted by atomic mass is 16.5. The lowest BCUT2D eigenvalue weighted by Crippen LogP contribution is -1.84. The molecule has 100 valence electrons. The average Bonchev–Trinajstić information content (AvgIpc) is 2.54. The van der Waals surface area contributed by atoms with E-state index >= 15 is 0 Å². The molecule has 0 spiro atoms. The van der Waals surface area contributed by atoms with Crippen LogP contribution >= 0.6 is 0 Å². The second-order valence-electron chi connectivity index (χ2n) is 4.98. The van der Waals surface area contributed by atoms with E-state index in [9.17, 15) is 0 Å². The van der Waals surface area contributed by atoms with E-state index in [2.05, 4.69) is 61.5 Å². The molecule has 3 rings (SSSR count). The zero-order valence-electron chi connectivity index (χ0n) is 11.9. The molecule has 0 N–H and O–H groups in total. The number of aryl methyl sites for hydroxylation is 1. The highest BCUT2D eigenvalue weighted by Gasteiger charge is 2.01. The minimum absolute atomic E-state index is 0.901. The van der Waals surface area contributed by atoms with E-state index in [4.69, 9.17) is 4.74 Å². The molecular weight excluding hydrogens is 244 g/mol. The van der Waals surface area contributed by atoms with E-state index in [1.54, 1.807) is 7.11 Å². The fourth-order valence-electron chi connectivity index (χ4n) is 2.46. The summed E-state index contributed by atoms with van der Waals surface area (Å²) in [5.74, 6) is 0.901. The first-order valence-corrected chi connectivity index (χ1v) is 6.97. The Morgan fingerprint density at radius 3 is 2.10 bits per heavy atom. The molecule has 20 heavy (non-hydrogen) atoms. The molecule has 0 heterocycles. The number of benzene rings is 3. The number of rotatable bonds is 3. The number of methoxy groups -OCH3 is 1. The second-order valence-corrected chi connectivity index (χ2v) is 4.98.